The van der Waals surface area contributed by atoms with Crippen molar-refractivity contribution in [3.8, 4) is 5.75 Å². The van der Waals surface area contributed by atoms with Gasteiger partial charge in [-0.3, -0.25) is 0 Å². The first-order chi connectivity index (χ1) is 14.3. The van der Waals surface area contributed by atoms with Gasteiger partial charge in [0.2, 0.25) is 0 Å². The summed E-state index contributed by atoms with van der Waals surface area (Å²) in [5.74, 6) is 1.93. The maximum Gasteiger partial charge on any atom is 0.147 e. The van der Waals surface area contributed by atoms with Gasteiger partial charge in [-0.1, -0.05) is 82.6 Å². The van der Waals surface area contributed by atoms with E-state index in [-0.39, 0.29) is 0 Å². The van der Waals surface area contributed by atoms with Crippen LogP contribution in [0.2, 0.25) is 0 Å². The van der Waals surface area contributed by atoms with Crippen LogP contribution in [0.1, 0.15) is 76.1 Å². The van der Waals surface area contributed by atoms with Crippen LogP contribution in [0, 0.1) is 6.92 Å². The number of hydrogen-bond acceptors (Lipinski definition) is 2. The predicted molar refractivity (Wildman–Crippen MR) is 122 cm³/mol. The molecule has 0 aliphatic carbocycles. The highest BCUT2D eigenvalue weighted by molar-refractivity contribution is 5.75. The molecular formula is C26H36N2O. The van der Waals surface area contributed by atoms with Gasteiger partial charge in [0, 0.05) is 6.54 Å². The minimum atomic E-state index is 0.509. The Kier molecular flexibility index (Phi) is 8.60. The molecule has 0 radical (unpaired) electrons. The summed E-state index contributed by atoms with van der Waals surface area (Å²) >= 11 is 0. The summed E-state index contributed by atoms with van der Waals surface area (Å²) in [5, 5.41) is 0. The van der Waals surface area contributed by atoms with E-state index in [9.17, 15) is 0 Å². The Balaban J connectivity index is 1.53. The van der Waals surface area contributed by atoms with E-state index in [2.05, 4.69) is 54.8 Å². The van der Waals surface area contributed by atoms with Crippen molar-refractivity contribution < 1.29 is 4.74 Å². The number of unbranched alkanes of at least 4 members (excludes halogenated alkanes) is 8. The molecule has 3 rings (SSSR count). The zero-order valence-electron chi connectivity index (χ0n) is 18.2. The van der Waals surface area contributed by atoms with Crippen LogP contribution in [0.5, 0.6) is 5.75 Å². The standard InChI is InChI=1S/C26H36N2O/c1-3-4-5-6-7-8-9-10-13-19-28-25-18-12-11-17-24(25)27-26(28)21-29-23-16-14-15-22(2)20-23/h11-12,14-18,20H,3-10,13,19,21H2,1-2H3. The summed E-state index contributed by atoms with van der Waals surface area (Å²) in [6.07, 6.45) is 12.1. The van der Waals surface area contributed by atoms with Crippen LogP contribution in [0.15, 0.2) is 48.5 Å². The lowest BCUT2D eigenvalue weighted by molar-refractivity contribution is 0.289. The van der Waals surface area contributed by atoms with Crippen molar-refractivity contribution in [3.63, 3.8) is 0 Å². The molecule has 3 heteroatoms. The molecule has 1 heterocycles. The molecule has 0 spiro atoms. The number of rotatable bonds is 13. The second-order valence-electron chi connectivity index (χ2n) is 8.10. The van der Waals surface area contributed by atoms with Gasteiger partial charge in [0.1, 0.15) is 18.2 Å². The van der Waals surface area contributed by atoms with Crippen molar-refractivity contribution in [1.29, 1.82) is 0 Å². The van der Waals surface area contributed by atoms with E-state index in [1.807, 2.05) is 12.1 Å². The van der Waals surface area contributed by atoms with Crippen molar-refractivity contribution in [2.75, 3.05) is 0 Å². The molecule has 0 atom stereocenters. The van der Waals surface area contributed by atoms with E-state index in [1.165, 1.54) is 68.9 Å². The lowest BCUT2D eigenvalue weighted by Crippen LogP contribution is -2.07. The molecule has 0 saturated heterocycles. The second kappa shape index (κ2) is 11.6. The van der Waals surface area contributed by atoms with Crippen LogP contribution >= 0.6 is 0 Å². The lowest BCUT2D eigenvalue weighted by Gasteiger charge is -2.11. The predicted octanol–water partition coefficient (Wildman–Crippen LogP) is 7.45. The number of hydrogen-bond donors (Lipinski definition) is 0. The molecule has 0 saturated carbocycles. The number of benzene rings is 2. The van der Waals surface area contributed by atoms with E-state index in [1.54, 1.807) is 0 Å². The summed E-state index contributed by atoms with van der Waals surface area (Å²) < 4.78 is 8.40. The van der Waals surface area contributed by atoms with Crippen molar-refractivity contribution in [2.45, 2.75) is 84.8 Å². The van der Waals surface area contributed by atoms with E-state index in [0.717, 1.165) is 23.6 Å². The Morgan fingerprint density at radius 1 is 0.828 bits per heavy atom. The SMILES string of the molecule is CCCCCCCCCCCn1c(COc2cccc(C)c2)nc2ccccc21. The molecule has 3 aromatic rings. The third-order valence-electron chi connectivity index (χ3n) is 5.58. The number of nitrogens with zero attached hydrogens (tertiary/aromatic N) is 2. The van der Waals surface area contributed by atoms with Crippen molar-refractivity contribution in [1.82, 2.24) is 9.55 Å². The first-order valence-electron chi connectivity index (χ1n) is 11.4. The molecule has 0 aliphatic rings. The van der Waals surface area contributed by atoms with Crippen molar-refractivity contribution in [2.24, 2.45) is 0 Å². The summed E-state index contributed by atoms with van der Waals surface area (Å²) in [6, 6.07) is 16.6. The van der Waals surface area contributed by atoms with E-state index < -0.39 is 0 Å². The first-order valence-corrected chi connectivity index (χ1v) is 11.4. The quantitative estimate of drug-likeness (QED) is 0.282. The average Bonchev–Trinajstić information content (AvgIpc) is 3.09. The minimum absolute atomic E-state index is 0.509. The number of imidazole rings is 1. The lowest BCUT2D eigenvalue weighted by atomic mass is 10.1. The van der Waals surface area contributed by atoms with Crippen LogP contribution in [-0.4, -0.2) is 9.55 Å². The maximum absolute atomic E-state index is 6.05. The third kappa shape index (κ3) is 6.62. The number of ether oxygens (including phenoxy) is 1. The highest BCUT2D eigenvalue weighted by atomic mass is 16.5. The summed E-state index contributed by atoms with van der Waals surface area (Å²) in [4.78, 5) is 4.84. The van der Waals surface area contributed by atoms with Gasteiger partial charge in [-0.25, -0.2) is 4.98 Å². The number of fused-ring (bicyclic) bond motifs is 1. The van der Waals surface area contributed by atoms with E-state index >= 15 is 0 Å². The monoisotopic (exact) mass is 392 g/mol. The topological polar surface area (TPSA) is 27.1 Å². The van der Waals surface area contributed by atoms with Gasteiger partial charge in [-0.2, -0.15) is 0 Å². The summed E-state index contributed by atoms with van der Waals surface area (Å²) in [5.41, 5.74) is 3.49. The Hall–Kier alpha value is -2.29. The van der Waals surface area contributed by atoms with Gasteiger partial charge in [-0.15, -0.1) is 0 Å². The third-order valence-corrected chi connectivity index (χ3v) is 5.58. The molecule has 2 aromatic carbocycles. The highest BCUT2D eigenvalue weighted by Crippen LogP contribution is 2.20. The zero-order valence-corrected chi connectivity index (χ0v) is 18.2. The molecule has 0 amide bonds. The van der Waals surface area contributed by atoms with Crippen LogP contribution in [0.4, 0.5) is 0 Å². The Labute approximate surface area is 176 Å². The molecular weight excluding hydrogens is 356 g/mol. The molecule has 0 bridgehead atoms. The van der Waals surface area contributed by atoms with Gasteiger partial charge in [0.25, 0.3) is 0 Å². The molecule has 0 unspecified atom stereocenters. The van der Waals surface area contributed by atoms with Gasteiger partial charge in [-0.05, 0) is 43.2 Å². The van der Waals surface area contributed by atoms with Gasteiger partial charge in [0.15, 0.2) is 0 Å². The largest absolute Gasteiger partial charge is 0.486 e. The minimum Gasteiger partial charge on any atom is -0.486 e. The van der Waals surface area contributed by atoms with Crippen LogP contribution in [-0.2, 0) is 13.2 Å². The Morgan fingerprint density at radius 2 is 1.55 bits per heavy atom. The number of aryl methyl sites for hydroxylation is 2. The van der Waals surface area contributed by atoms with Gasteiger partial charge >= 0.3 is 0 Å². The van der Waals surface area contributed by atoms with Crippen LogP contribution < -0.4 is 4.74 Å². The van der Waals surface area contributed by atoms with Crippen LogP contribution in [0.25, 0.3) is 11.0 Å². The van der Waals surface area contributed by atoms with Crippen molar-refractivity contribution >= 4 is 11.0 Å². The fourth-order valence-corrected chi connectivity index (χ4v) is 3.92. The average molecular weight is 393 g/mol. The molecule has 0 fully saturated rings. The van der Waals surface area contributed by atoms with E-state index in [4.69, 9.17) is 9.72 Å². The summed E-state index contributed by atoms with van der Waals surface area (Å²) in [6.45, 7) is 5.89. The number of aromatic nitrogens is 2. The summed E-state index contributed by atoms with van der Waals surface area (Å²) in [7, 11) is 0. The van der Waals surface area contributed by atoms with Gasteiger partial charge < -0.3 is 9.30 Å². The van der Waals surface area contributed by atoms with E-state index in [0.29, 0.717) is 6.61 Å². The number of para-hydroxylation sites is 2. The second-order valence-corrected chi connectivity index (χ2v) is 8.10. The Morgan fingerprint density at radius 3 is 2.31 bits per heavy atom. The molecule has 29 heavy (non-hydrogen) atoms. The molecule has 0 aliphatic heterocycles. The molecule has 3 nitrogen and oxygen atoms in total. The smallest absolute Gasteiger partial charge is 0.147 e. The normalized spacial score (nSPS) is 11.2. The first kappa shape index (κ1) is 21.4. The van der Waals surface area contributed by atoms with Crippen molar-refractivity contribution in [3.05, 3.63) is 59.9 Å². The highest BCUT2D eigenvalue weighted by Gasteiger charge is 2.11. The molecule has 156 valence electrons. The fourth-order valence-electron chi connectivity index (χ4n) is 3.92. The zero-order chi connectivity index (χ0) is 20.3. The fraction of sp³-hybridized carbons (Fsp3) is 0.500. The maximum atomic E-state index is 6.05. The van der Waals surface area contributed by atoms with Gasteiger partial charge in [0.05, 0.1) is 11.0 Å². The Bertz CT molecular complexity index is 868. The molecule has 0 N–H and O–H groups in total. The van der Waals surface area contributed by atoms with Crippen LogP contribution in [0.3, 0.4) is 0 Å². The molecule has 1 aromatic heterocycles.